The molecule has 66 valence electrons. The lowest BCUT2D eigenvalue weighted by molar-refractivity contribution is 0.645. The van der Waals surface area contributed by atoms with E-state index in [0.29, 0.717) is 6.04 Å². The van der Waals surface area contributed by atoms with Crippen LogP contribution in [-0.2, 0) is 0 Å². The molecule has 0 saturated heterocycles. The first-order valence-corrected chi connectivity index (χ1v) is 4.25. The second-order valence-corrected chi connectivity index (χ2v) is 3.19. The van der Waals surface area contributed by atoms with Gasteiger partial charge < -0.3 is 5.32 Å². The molecular formula is C10H16N2. The highest BCUT2D eigenvalue weighted by Gasteiger charge is 2.05. The van der Waals surface area contributed by atoms with Crippen molar-refractivity contribution in [3.63, 3.8) is 0 Å². The average Bonchev–Trinajstić information content (AvgIpc) is 2.03. The number of aromatic nitrogens is 1. The van der Waals surface area contributed by atoms with Crippen LogP contribution >= 0.6 is 0 Å². The van der Waals surface area contributed by atoms with E-state index in [0.717, 1.165) is 5.69 Å². The average molecular weight is 164 g/mol. The summed E-state index contributed by atoms with van der Waals surface area (Å²) in [5, 5.41) is 3.20. The Morgan fingerprint density at radius 2 is 2.08 bits per heavy atom. The van der Waals surface area contributed by atoms with Crippen molar-refractivity contribution in [2.75, 3.05) is 7.05 Å². The molecule has 1 atom stereocenters. The Labute approximate surface area is 74.0 Å². The molecule has 0 amide bonds. The minimum Gasteiger partial charge on any atom is -0.313 e. The van der Waals surface area contributed by atoms with Crippen LogP contribution in [0.15, 0.2) is 12.3 Å². The van der Waals surface area contributed by atoms with E-state index in [1.165, 1.54) is 11.1 Å². The quantitative estimate of drug-likeness (QED) is 0.723. The fraction of sp³-hybridized carbons (Fsp3) is 0.500. The minimum absolute atomic E-state index is 0.387. The lowest BCUT2D eigenvalue weighted by Gasteiger charge is -2.13. The third-order valence-corrected chi connectivity index (χ3v) is 2.19. The summed E-state index contributed by atoms with van der Waals surface area (Å²) in [6.07, 6.45) is 1.95. The third kappa shape index (κ3) is 1.83. The van der Waals surface area contributed by atoms with Gasteiger partial charge in [0, 0.05) is 17.9 Å². The van der Waals surface area contributed by atoms with Gasteiger partial charge in [-0.3, -0.25) is 4.98 Å². The van der Waals surface area contributed by atoms with Gasteiger partial charge in [-0.05, 0) is 45.0 Å². The summed E-state index contributed by atoms with van der Waals surface area (Å²) in [4.78, 5) is 4.27. The van der Waals surface area contributed by atoms with Gasteiger partial charge >= 0.3 is 0 Å². The number of aryl methyl sites for hydroxylation is 2. The highest BCUT2D eigenvalue weighted by molar-refractivity contribution is 5.27. The minimum atomic E-state index is 0.387. The fourth-order valence-corrected chi connectivity index (χ4v) is 1.32. The first-order chi connectivity index (χ1) is 5.65. The van der Waals surface area contributed by atoms with Crippen LogP contribution in [0.5, 0.6) is 0 Å². The maximum Gasteiger partial charge on any atom is 0.0375 e. The molecule has 0 aliphatic rings. The summed E-state index contributed by atoms with van der Waals surface area (Å²) < 4.78 is 0. The van der Waals surface area contributed by atoms with Gasteiger partial charge in [-0.1, -0.05) is 0 Å². The Hall–Kier alpha value is -0.890. The van der Waals surface area contributed by atoms with Crippen LogP contribution in [0.25, 0.3) is 0 Å². The molecule has 1 rings (SSSR count). The van der Waals surface area contributed by atoms with E-state index in [1.807, 2.05) is 20.2 Å². The molecule has 0 saturated carbocycles. The van der Waals surface area contributed by atoms with Crippen LogP contribution in [0.4, 0.5) is 0 Å². The van der Waals surface area contributed by atoms with Crippen LogP contribution in [0.2, 0.25) is 0 Å². The SMILES string of the molecule is CNC(C)c1cnc(C)cc1C. The summed E-state index contributed by atoms with van der Waals surface area (Å²) in [5.74, 6) is 0. The van der Waals surface area contributed by atoms with Crippen LogP contribution in [0, 0.1) is 13.8 Å². The van der Waals surface area contributed by atoms with Crippen LogP contribution < -0.4 is 5.32 Å². The topological polar surface area (TPSA) is 24.9 Å². The number of hydrogen-bond donors (Lipinski definition) is 1. The summed E-state index contributed by atoms with van der Waals surface area (Å²) in [6.45, 7) is 6.28. The highest BCUT2D eigenvalue weighted by atomic mass is 14.9. The molecule has 1 aromatic heterocycles. The fourth-order valence-electron chi connectivity index (χ4n) is 1.32. The Kier molecular flexibility index (Phi) is 2.82. The van der Waals surface area contributed by atoms with E-state index in [4.69, 9.17) is 0 Å². The molecule has 0 fully saturated rings. The van der Waals surface area contributed by atoms with Crippen molar-refractivity contribution in [2.45, 2.75) is 26.8 Å². The van der Waals surface area contributed by atoms with Gasteiger partial charge in [0.2, 0.25) is 0 Å². The van der Waals surface area contributed by atoms with Gasteiger partial charge in [0.05, 0.1) is 0 Å². The van der Waals surface area contributed by atoms with Gasteiger partial charge in [-0.25, -0.2) is 0 Å². The molecule has 1 heterocycles. The summed E-state index contributed by atoms with van der Waals surface area (Å²) >= 11 is 0. The van der Waals surface area contributed by atoms with Crippen molar-refractivity contribution in [3.05, 3.63) is 29.1 Å². The van der Waals surface area contributed by atoms with Gasteiger partial charge in [-0.15, -0.1) is 0 Å². The molecule has 0 bridgehead atoms. The number of hydrogen-bond acceptors (Lipinski definition) is 2. The summed E-state index contributed by atoms with van der Waals surface area (Å²) in [6, 6.07) is 2.50. The van der Waals surface area contributed by atoms with Crippen molar-refractivity contribution in [3.8, 4) is 0 Å². The second kappa shape index (κ2) is 3.68. The highest BCUT2D eigenvalue weighted by Crippen LogP contribution is 2.15. The van der Waals surface area contributed by atoms with Crippen molar-refractivity contribution in [1.29, 1.82) is 0 Å². The van der Waals surface area contributed by atoms with Crippen LogP contribution in [0.1, 0.15) is 29.8 Å². The number of pyridine rings is 1. The van der Waals surface area contributed by atoms with Crippen LogP contribution in [-0.4, -0.2) is 12.0 Å². The predicted octanol–water partition coefficient (Wildman–Crippen LogP) is 1.98. The molecule has 0 spiro atoms. The summed E-state index contributed by atoms with van der Waals surface area (Å²) in [5.41, 5.74) is 3.67. The van der Waals surface area contributed by atoms with Crippen molar-refractivity contribution >= 4 is 0 Å². The molecule has 2 heteroatoms. The normalized spacial score (nSPS) is 13.0. The molecule has 1 N–H and O–H groups in total. The maximum absolute atomic E-state index is 4.27. The first kappa shape index (κ1) is 9.20. The predicted molar refractivity (Wildman–Crippen MR) is 51.2 cm³/mol. The van der Waals surface area contributed by atoms with E-state index in [-0.39, 0.29) is 0 Å². The van der Waals surface area contributed by atoms with Gasteiger partial charge in [0.15, 0.2) is 0 Å². The Bertz CT molecular complexity index is 269. The standard InChI is InChI=1S/C10H16N2/c1-7-5-8(2)12-6-10(7)9(3)11-4/h5-6,9,11H,1-4H3. The lowest BCUT2D eigenvalue weighted by Crippen LogP contribution is -2.13. The molecule has 1 aromatic rings. The molecular weight excluding hydrogens is 148 g/mol. The van der Waals surface area contributed by atoms with Crippen molar-refractivity contribution < 1.29 is 0 Å². The maximum atomic E-state index is 4.27. The monoisotopic (exact) mass is 164 g/mol. The Morgan fingerprint density at radius 1 is 1.42 bits per heavy atom. The molecule has 0 radical (unpaired) electrons. The molecule has 0 aromatic carbocycles. The largest absolute Gasteiger partial charge is 0.313 e. The third-order valence-electron chi connectivity index (χ3n) is 2.19. The zero-order valence-electron chi connectivity index (χ0n) is 8.18. The molecule has 12 heavy (non-hydrogen) atoms. The van der Waals surface area contributed by atoms with Gasteiger partial charge in [-0.2, -0.15) is 0 Å². The van der Waals surface area contributed by atoms with Crippen LogP contribution in [0.3, 0.4) is 0 Å². The van der Waals surface area contributed by atoms with E-state index in [1.54, 1.807) is 0 Å². The van der Waals surface area contributed by atoms with Crippen molar-refractivity contribution in [2.24, 2.45) is 0 Å². The number of rotatable bonds is 2. The van der Waals surface area contributed by atoms with Gasteiger partial charge in [0.25, 0.3) is 0 Å². The van der Waals surface area contributed by atoms with E-state index in [9.17, 15) is 0 Å². The van der Waals surface area contributed by atoms with Gasteiger partial charge in [0.1, 0.15) is 0 Å². The Morgan fingerprint density at radius 3 is 2.58 bits per heavy atom. The van der Waals surface area contributed by atoms with Crippen molar-refractivity contribution in [1.82, 2.24) is 10.3 Å². The smallest absolute Gasteiger partial charge is 0.0375 e. The summed E-state index contributed by atoms with van der Waals surface area (Å²) in [7, 11) is 1.96. The van der Waals surface area contributed by atoms with E-state index in [2.05, 4.69) is 30.2 Å². The molecule has 0 aliphatic heterocycles. The Balaban J connectivity index is 3.01. The zero-order chi connectivity index (χ0) is 9.14. The zero-order valence-corrected chi connectivity index (χ0v) is 8.18. The number of nitrogens with zero attached hydrogens (tertiary/aromatic N) is 1. The molecule has 0 aliphatic carbocycles. The molecule has 1 unspecified atom stereocenters. The second-order valence-electron chi connectivity index (χ2n) is 3.19. The lowest BCUT2D eigenvalue weighted by atomic mass is 10.1. The van der Waals surface area contributed by atoms with E-state index >= 15 is 0 Å². The number of nitrogens with one attached hydrogen (secondary N) is 1. The molecule has 2 nitrogen and oxygen atoms in total. The first-order valence-electron chi connectivity index (χ1n) is 4.25. The van der Waals surface area contributed by atoms with E-state index < -0.39 is 0 Å².